The smallest absolute Gasteiger partial charge is 0.224 e. The molecule has 0 aromatic heterocycles. The molecule has 0 bridgehead atoms. The largest absolute Gasteiger partial charge is 0.494 e. The topological polar surface area (TPSA) is 38.3 Å². The number of rotatable bonds is 8. The zero-order valence-electron chi connectivity index (χ0n) is 14.0. The molecule has 0 radical (unpaired) electrons. The third-order valence-electron chi connectivity index (χ3n) is 3.70. The molecule has 3 heteroatoms. The molecule has 0 aliphatic carbocycles. The second-order valence-corrected chi connectivity index (χ2v) is 5.66. The molecule has 3 nitrogen and oxygen atoms in total. The van der Waals surface area contributed by atoms with Gasteiger partial charge >= 0.3 is 0 Å². The van der Waals surface area contributed by atoms with Crippen molar-refractivity contribution < 1.29 is 9.53 Å². The molecule has 122 valence electrons. The molecule has 0 spiro atoms. The Morgan fingerprint density at radius 2 is 1.83 bits per heavy atom. The van der Waals surface area contributed by atoms with Crippen molar-refractivity contribution in [3.63, 3.8) is 0 Å². The quantitative estimate of drug-likeness (QED) is 0.755. The summed E-state index contributed by atoms with van der Waals surface area (Å²) in [5.74, 6) is 1.02. The first-order valence-corrected chi connectivity index (χ1v) is 8.22. The fraction of sp³-hybridized carbons (Fsp3) is 0.350. The zero-order valence-corrected chi connectivity index (χ0v) is 14.0. The van der Waals surface area contributed by atoms with E-state index in [4.69, 9.17) is 4.74 Å². The molecular formula is C20H25NO2. The fourth-order valence-electron chi connectivity index (χ4n) is 2.47. The number of ether oxygens (including phenoxy) is 1. The Hall–Kier alpha value is -2.29. The number of benzene rings is 2. The minimum absolute atomic E-state index is 0.0759. The van der Waals surface area contributed by atoms with Gasteiger partial charge in [0.1, 0.15) is 5.75 Å². The fourth-order valence-corrected chi connectivity index (χ4v) is 2.47. The van der Waals surface area contributed by atoms with E-state index < -0.39 is 0 Å². The Labute approximate surface area is 138 Å². The number of hydrogen-bond donors (Lipinski definition) is 1. The highest BCUT2D eigenvalue weighted by Gasteiger charge is 2.05. The standard InChI is InChI=1S/C20H25NO2/c1-3-23-19-9-5-4-7-18(19)8-6-14-21-20(22)15-17-12-10-16(2)11-13-17/h4-5,7,9-13H,3,6,8,14-15H2,1-2H3,(H,21,22). The molecular weight excluding hydrogens is 286 g/mol. The molecule has 0 aliphatic rings. The Bertz CT molecular complexity index is 620. The molecule has 23 heavy (non-hydrogen) atoms. The SMILES string of the molecule is CCOc1ccccc1CCCNC(=O)Cc1ccc(C)cc1. The first kappa shape index (κ1) is 17.1. The summed E-state index contributed by atoms with van der Waals surface area (Å²) in [4.78, 5) is 11.9. The lowest BCUT2D eigenvalue weighted by molar-refractivity contribution is -0.120. The zero-order chi connectivity index (χ0) is 16.5. The van der Waals surface area contributed by atoms with Gasteiger partial charge in [0.25, 0.3) is 0 Å². The van der Waals surface area contributed by atoms with E-state index in [9.17, 15) is 4.79 Å². The lowest BCUT2D eigenvalue weighted by Gasteiger charge is -2.10. The van der Waals surface area contributed by atoms with Crippen molar-refractivity contribution in [2.24, 2.45) is 0 Å². The van der Waals surface area contributed by atoms with Gasteiger partial charge in [0.05, 0.1) is 13.0 Å². The van der Waals surface area contributed by atoms with Crippen molar-refractivity contribution in [2.45, 2.75) is 33.1 Å². The van der Waals surface area contributed by atoms with E-state index in [-0.39, 0.29) is 5.91 Å². The van der Waals surface area contributed by atoms with Crippen LogP contribution in [0.2, 0.25) is 0 Å². The van der Waals surface area contributed by atoms with Gasteiger partial charge in [-0.25, -0.2) is 0 Å². The number of aryl methyl sites for hydroxylation is 2. The Morgan fingerprint density at radius 3 is 2.57 bits per heavy atom. The molecule has 1 amide bonds. The highest BCUT2D eigenvalue weighted by Crippen LogP contribution is 2.19. The van der Waals surface area contributed by atoms with Gasteiger partial charge in [0, 0.05) is 6.54 Å². The maximum absolute atomic E-state index is 11.9. The van der Waals surface area contributed by atoms with Crippen LogP contribution >= 0.6 is 0 Å². The number of hydrogen-bond acceptors (Lipinski definition) is 2. The monoisotopic (exact) mass is 311 g/mol. The third kappa shape index (κ3) is 5.78. The van der Waals surface area contributed by atoms with Gasteiger partial charge < -0.3 is 10.1 Å². The van der Waals surface area contributed by atoms with Crippen molar-refractivity contribution in [1.82, 2.24) is 5.32 Å². The van der Waals surface area contributed by atoms with Gasteiger partial charge in [-0.1, -0.05) is 48.0 Å². The van der Waals surface area contributed by atoms with E-state index in [1.165, 1.54) is 11.1 Å². The first-order valence-electron chi connectivity index (χ1n) is 8.22. The lowest BCUT2D eigenvalue weighted by atomic mass is 10.1. The number of carbonyl (C=O) groups is 1. The lowest BCUT2D eigenvalue weighted by Crippen LogP contribution is -2.26. The van der Waals surface area contributed by atoms with Crippen molar-refractivity contribution >= 4 is 5.91 Å². The summed E-state index contributed by atoms with van der Waals surface area (Å²) in [7, 11) is 0. The second kappa shape index (κ2) is 8.99. The summed E-state index contributed by atoms with van der Waals surface area (Å²) < 4.78 is 5.62. The maximum Gasteiger partial charge on any atom is 0.224 e. The summed E-state index contributed by atoms with van der Waals surface area (Å²) in [6.07, 6.45) is 2.25. The molecule has 0 saturated carbocycles. The van der Waals surface area contributed by atoms with Crippen LogP contribution in [-0.4, -0.2) is 19.1 Å². The van der Waals surface area contributed by atoms with Crippen LogP contribution < -0.4 is 10.1 Å². The van der Waals surface area contributed by atoms with Crippen molar-refractivity contribution in [3.8, 4) is 5.75 Å². The molecule has 0 unspecified atom stereocenters. The van der Waals surface area contributed by atoms with E-state index in [1.54, 1.807) is 0 Å². The minimum Gasteiger partial charge on any atom is -0.494 e. The molecule has 1 N–H and O–H groups in total. The van der Waals surface area contributed by atoms with E-state index in [1.807, 2.05) is 56.3 Å². The molecule has 2 rings (SSSR count). The Balaban J connectivity index is 1.73. The predicted octanol–water partition coefficient (Wildman–Crippen LogP) is 3.69. The number of amides is 1. The average Bonchev–Trinajstić information content (AvgIpc) is 2.55. The minimum atomic E-state index is 0.0759. The Morgan fingerprint density at radius 1 is 1.09 bits per heavy atom. The maximum atomic E-state index is 11.9. The molecule has 0 fully saturated rings. The highest BCUT2D eigenvalue weighted by molar-refractivity contribution is 5.78. The van der Waals surface area contributed by atoms with Crippen LogP contribution in [0.5, 0.6) is 5.75 Å². The van der Waals surface area contributed by atoms with Crippen LogP contribution in [0, 0.1) is 6.92 Å². The molecule has 0 atom stereocenters. The number of nitrogens with one attached hydrogen (secondary N) is 1. The normalized spacial score (nSPS) is 10.3. The van der Waals surface area contributed by atoms with Gasteiger partial charge in [-0.2, -0.15) is 0 Å². The molecule has 2 aromatic carbocycles. The molecule has 0 aliphatic heterocycles. The van der Waals surface area contributed by atoms with E-state index in [2.05, 4.69) is 11.4 Å². The molecule has 0 saturated heterocycles. The molecule has 0 heterocycles. The number of para-hydroxylation sites is 1. The second-order valence-electron chi connectivity index (χ2n) is 5.66. The summed E-state index contributed by atoms with van der Waals surface area (Å²) in [6, 6.07) is 16.2. The van der Waals surface area contributed by atoms with Crippen LogP contribution in [0.3, 0.4) is 0 Å². The Kier molecular flexibility index (Phi) is 6.67. The van der Waals surface area contributed by atoms with Gasteiger partial charge in [-0.3, -0.25) is 4.79 Å². The van der Waals surface area contributed by atoms with Crippen LogP contribution in [0.4, 0.5) is 0 Å². The molecule has 2 aromatic rings. The van der Waals surface area contributed by atoms with Gasteiger partial charge in [0.15, 0.2) is 0 Å². The summed E-state index contributed by atoms with van der Waals surface area (Å²) >= 11 is 0. The summed E-state index contributed by atoms with van der Waals surface area (Å²) in [5.41, 5.74) is 3.46. The third-order valence-corrected chi connectivity index (χ3v) is 3.70. The van der Waals surface area contributed by atoms with E-state index >= 15 is 0 Å². The van der Waals surface area contributed by atoms with Crippen LogP contribution in [0.25, 0.3) is 0 Å². The van der Waals surface area contributed by atoms with Crippen LogP contribution in [0.15, 0.2) is 48.5 Å². The van der Waals surface area contributed by atoms with Crippen molar-refractivity contribution in [3.05, 3.63) is 65.2 Å². The predicted molar refractivity (Wildman–Crippen MR) is 93.8 cm³/mol. The van der Waals surface area contributed by atoms with Gasteiger partial charge in [0.2, 0.25) is 5.91 Å². The summed E-state index contributed by atoms with van der Waals surface area (Å²) in [6.45, 7) is 5.39. The van der Waals surface area contributed by atoms with E-state index in [0.717, 1.165) is 24.2 Å². The van der Waals surface area contributed by atoms with Crippen molar-refractivity contribution in [1.29, 1.82) is 0 Å². The van der Waals surface area contributed by atoms with Crippen LogP contribution in [0.1, 0.15) is 30.0 Å². The highest BCUT2D eigenvalue weighted by atomic mass is 16.5. The average molecular weight is 311 g/mol. The van der Waals surface area contributed by atoms with E-state index in [0.29, 0.717) is 19.6 Å². The van der Waals surface area contributed by atoms with Gasteiger partial charge in [-0.15, -0.1) is 0 Å². The summed E-state index contributed by atoms with van der Waals surface area (Å²) in [5, 5.41) is 2.99. The van der Waals surface area contributed by atoms with Gasteiger partial charge in [-0.05, 0) is 43.9 Å². The number of carbonyl (C=O) groups excluding carboxylic acids is 1. The van der Waals surface area contributed by atoms with Crippen LogP contribution in [-0.2, 0) is 17.6 Å². The van der Waals surface area contributed by atoms with Crippen molar-refractivity contribution in [2.75, 3.05) is 13.2 Å². The first-order chi connectivity index (χ1) is 11.2.